The van der Waals surface area contributed by atoms with Gasteiger partial charge in [0.15, 0.2) is 6.61 Å². The fourth-order valence-corrected chi connectivity index (χ4v) is 1.69. The highest BCUT2D eigenvalue weighted by Gasteiger charge is 2.13. The third-order valence-corrected chi connectivity index (χ3v) is 2.75. The number of nitrogens with one attached hydrogen (secondary N) is 1. The lowest BCUT2D eigenvalue weighted by atomic mass is 10.2. The van der Waals surface area contributed by atoms with Crippen LogP contribution in [0.15, 0.2) is 41.0 Å². The first kappa shape index (κ1) is 15.7. The molecule has 1 heterocycles. The van der Waals surface area contributed by atoms with Gasteiger partial charge in [0.1, 0.15) is 23.1 Å². The molecule has 0 unspecified atom stereocenters. The number of carbonyl (C=O) groups is 2. The van der Waals surface area contributed by atoms with Gasteiger partial charge in [-0.15, -0.1) is 0 Å². The molecule has 22 heavy (non-hydrogen) atoms. The van der Waals surface area contributed by atoms with Crippen LogP contribution < -0.4 is 5.32 Å². The average Bonchev–Trinajstić information content (AvgIpc) is 3.00. The average molecular weight is 309 g/mol. The number of esters is 1. The number of halogens is 2. The van der Waals surface area contributed by atoms with Gasteiger partial charge >= 0.3 is 5.97 Å². The molecule has 1 N–H and O–H groups in total. The summed E-state index contributed by atoms with van der Waals surface area (Å²) in [5.74, 6) is -2.62. The lowest BCUT2D eigenvalue weighted by Crippen LogP contribution is -2.22. The second-order valence-corrected chi connectivity index (χ2v) is 4.38. The molecule has 0 saturated heterocycles. The van der Waals surface area contributed by atoms with Crippen LogP contribution in [-0.2, 0) is 20.7 Å². The van der Waals surface area contributed by atoms with E-state index in [1.807, 2.05) is 5.32 Å². The first-order chi connectivity index (χ1) is 10.6. The molecule has 0 saturated carbocycles. The molecule has 0 radical (unpaired) electrons. The Hall–Kier alpha value is -2.70. The Labute approximate surface area is 124 Å². The highest BCUT2D eigenvalue weighted by atomic mass is 19.1. The molecule has 0 spiro atoms. The van der Waals surface area contributed by atoms with Gasteiger partial charge in [0.2, 0.25) is 0 Å². The van der Waals surface area contributed by atoms with Gasteiger partial charge in [-0.2, -0.15) is 0 Å². The summed E-state index contributed by atoms with van der Waals surface area (Å²) in [6.07, 6.45) is 1.86. The molecule has 0 bridgehead atoms. The number of carbonyl (C=O) groups excluding carboxylic acids is 2. The molecule has 0 aliphatic rings. The molecule has 0 aliphatic heterocycles. The van der Waals surface area contributed by atoms with Crippen molar-refractivity contribution in [3.05, 3.63) is 54.0 Å². The number of ether oxygens (including phenoxy) is 1. The normalized spacial score (nSPS) is 10.3. The maximum atomic E-state index is 13.3. The summed E-state index contributed by atoms with van der Waals surface area (Å²) < 4.78 is 36.4. The standard InChI is InChI=1S/C15H13F2NO4/c16-11-4-1-5-12(17)15(11)18-13(19)9-22-14(20)7-6-10-3-2-8-21-10/h1-5,8H,6-7,9H2,(H,18,19). The zero-order chi connectivity index (χ0) is 15.9. The zero-order valence-electron chi connectivity index (χ0n) is 11.5. The Kier molecular flexibility index (Phi) is 5.24. The maximum absolute atomic E-state index is 13.3. The van der Waals surface area contributed by atoms with Crippen LogP contribution in [0, 0.1) is 11.6 Å². The van der Waals surface area contributed by atoms with Crippen molar-refractivity contribution >= 4 is 17.6 Å². The summed E-state index contributed by atoms with van der Waals surface area (Å²) >= 11 is 0. The first-order valence-corrected chi connectivity index (χ1v) is 6.48. The number of amides is 1. The molecule has 1 aromatic carbocycles. The topological polar surface area (TPSA) is 68.5 Å². The van der Waals surface area contributed by atoms with Gasteiger partial charge in [-0.25, -0.2) is 8.78 Å². The molecule has 1 aromatic heterocycles. The van der Waals surface area contributed by atoms with Crippen molar-refractivity contribution in [2.24, 2.45) is 0 Å². The van der Waals surface area contributed by atoms with Gasteiger partial charge in [0.25, 0.3) is 5.91 Å². The smallest absolute Gasteiger partial charge is 0.306 e. The molecule has 2 rings (SSSR count). The number of para-hydroxylation sites is 1. The number of rotatable bonds is 6. The van der Waals surface area contributed by atoms with Crippen molar-refractivity contribution in [1.82, 2.24) is 0 Å². The van der Waals surface area contributed by atoms with Gasteiger partial charge in [0, 0.05) is 6.42 Å². The van der Waals surface area contributed by atoms with E-state index >= 15 is 0 Å². The fraction of sp³-hybridized carbons (Fsp3) is 0.200. The summed E-state index contributed by atoms with van der Waals surface area (Å²) in [4.78, 5) is 23.0. The van der Waals surface area contributed by atoms with Crippen molar-refractivity contribution in [3.8, 4) is 0 Å². The zero-order valence-corrected chi connectivity index (χ0v) is 11.5. The van der Waals surface area contributed by atoms with Gasteiger partial charge < -0.3 is 14.5 Å². The summed E-state index contributed by atoms with van der Waals surface area (Å²) in [5.41, 5.74) is -0.570. The quantitative estimate of drug-likeness (QED) is 0.833. The van der Waals surface area contributed by atoms with E-state index in [4.69, 9.17) is 9.15 Å². The van der Waals surface area contributed by atoms with E-state index in [9.17, 15) is 18.4 Å². The molecule has 7 heteroatoms. The first-order valence-electron chi connectivity index (χ1n) is 6.48. The minimum atomic E-state index is -0.905. The largest absolute Gasteiger partial charge is 0.469 e. The number of hydrogen-bond acceptors (Lipinski definition) is 4. The molecule has 1 amide bonds. The van der Waals surface area contributed by atoms with Crippen LogP contribution in [0.5, 0.6) is 0 Å². The van der Waals surface area contributed by atoms with Crippen LogP contribution in [0.2, 0.25) is 0 Å². The van der Waals surface area contributed by atoms with Gasteiger partial charge in [-0.1, -0.05) is 6.07 Å². The Morgan fingerprint density at radius 3 is 2.50 bits per heavy atom. The van der Waals surface area contributed by atoms with Crippen molar-refractivity contribution in [3.63, 3.8) is 0 Å². The van der Waals surface area contributed by atoms with Crippen LogP contribution >= 0.6 is 0 Å². The van der Waals surface area contributed by atoms with Crippen molar-refractivity contribution in [1.29, 1.82) is 0 Å². The Bertz CT molecular complexity index is 635. The highest BCUT2D eigenvalue weighted by molar-refractivity contribution is 5.93. The van der Waals surface area contributed by atoms with Gasteiger partial charge in [0.05, 0.1) is 12.7 Å². The molecule has 5 nitrogen and oxygen atoms in total. The summed E-state index contributed by atoms with van der Waals surface area (Å²) in [7, 11) is 0. The van der Waals surface area contributed by atoms with E-state index in [-0.39, 0.29) is 6.42 Å². The molecular weight excluding hydrogens is 296 g/mol. The molecule has 2 aromatic rings. The van der Waals surface area contributed by atoms with E-state index in [0.717, 1.165) is 12.1 Å². The monoisotopic (exact) mass is 309 g/mol. The molecule has 0 aliphatic carbocycles. The highest BCUT2D eigenvalue weighted by Crippen LogP contribution is 2.17. The van der Waals surface area contributed by atoms with E-state index in [1.165, 1.54) is 12.3 Å². The van der Waals surface area contributed by atoms with E-state index in [2.05, 4.69) is 0 Å². The molecule has 116 valence electrons. The lowest BCUT2D eigenvalue weighted by Gasteiger charge is -2.08. The van der Waals surface area contributed by atoms with Crippen molar-refractivity contribution in [2.75, 3.05) is 11.9 Å². The van der Waals surface area contributed by atoms with Crippen LogP contribution in [0.3, 0.4) is 0 Å². The molecule has 0 fully saturated rings. The number of benzene rings is 1. The lowest BCUT2D eigenvalue weighted by molar-refractivity contribution is -0.147. The van der Waals surface area contributed by atoms with Gasteiger partial charge in [-0.3, -0.25) is 9.59 Å². The number of aryl methyl sites for hydroxylation is 1. The number of anilines is 1. The predicted octanol–water partition coefficient (Wildman–Crippen LogP) is 2.67. The Balaban J connectivity index is 1.76. The van der Waals surface area contributed by atoms with Crippen molar-refractivity contribution < 1.29 is 27.5 Å². The van der Waals surface area contributed by atoms with Gasteiger partial charge in [-0.05, 0) is 24.3 Å². The second kappa shape index (κ2) is 7.35. The van der Waals surface area contributed by atoms with Crippen LogP contribution in [0.1, 0.15) is 12.2 Å². The maximum Gasteiger partial charge on any atom is 0.306 e. The minimum Gasteiger partial charge on any atom is -0.469 e. The number of furan rings is 1. The summed E-state index contributed by atoms with van der Waals surface area (Å²) in [6, 6.07) is 6.59. The Morgan fingerprint density at radius 1 is 1.14 bits per heavy atom. The third-order valence-electron chi connectivity index (χ3n) is 2.75. The van der Waals surface area contributed by atoms with Crippen LogP contribution in [-0.4, -0.2) is 18.5 Å². The van der Waals surface area contributed by atoms with E-state index in [0.29, 0.717) is 12.2 Å². The minimum absolute atomic E-state index is 0.0366. The predicted molar refractivity (Wildman–Crippen MR) is 73.0 cm³/mol. The van der Waals surface area contributed by atoms with Crippen LogP contribution in [0.25, 0.3) is 0 Å². The Morgan fingerprint density at radius 2 is 1.86 bits per heavy atom. The fourth-order valence-electron chi connectivity index (χ4n) is 1.69. The number of hydrogen-bond donors (Lipinski definition) is 1. The summed E-state index contributed by atoms with van der Waals surface area (Å²) in [5, 5.41) is 2.02. The second-order valence-electron chi connectivity index (χ2n) is 4.38. The van der Waals surface area contributed by atoms with E-state index in [1.54, 1.807) is 12.1 Å². The van der Waals surface area contributed by atoms with Crippen LogP contribution in [0.4, 0.5) is 14.5 Å². The van der Waals surface area contributed by atoms with Crippen molar-refractivity contribution in [2.45, 2.75) is 12.8 Å². The summed E-state index contributed by atoms with van der Waals surface area (Å²) in [6.45, 7) is -0.620. The van der Waals surface area contributed by atoms with E-state index < -0.39 is 35.8 Å². The third kappa shape index (κ3) is 4.41. The molecular formula is C15H13F2NO4. The SMILES string of the molecule is O=C(COC(=O)CCc1ccco1)Nc1c(F)cccc1F. The molecule has 0 atom stereocenters.